The molecule has 0 bridgehead atoms. The highest BCUT2D eigenvalue weighted by molar-refractivity contribution is 5.36. The van der Waals surface area contributed by atoms with Gasteiger partial charge in [-0.05, 0) is 58.1 Å². The fourth-order valence-corrected chi connectivity index (χ4v) is 4.75. The maximum absolute atomic E-state index is 10.0. The smallest absolute Gasteiger partial charge is 0.124 e. The second kappa shape index (κ2) is 8.28. The number of para-hydroxylation sites is 1. The van der Waals surface area contributed by atoms with Crippen LogP contribution in [0.2, 0.25) is 0 Å². The second-order valence-electron chi connectivity index (χ2n) is 8.44. The first kappa shape index (κ1) is 18.3. The van der Waals surface area contributed by atoms with E-state index in [1.165, 1.54) is 37.9 Å². The topological polar surface area (TPSA) is 35.9 Å². The Morgan fingerprint density at radius 1 is 1.00 bits per heavy atom. The summed E-state index contributed by atoms with van der Waals surface area (Å²) in [6.07, 6.45) is 8.65. The first-order valence-electron chi connectivity index (χ1n) is 10.6. The summed E-state index contributed by atoms with van der Waals surface area (Å²) in [7, 11) is 0. The molecule has 26 heavy (non-hydrogen) atoms. The summed E-state index contributed by atoms with van der Waals surface area (Å²) in [5.74, 6) is 1.04. The SMILES string of the molecule is CC(c1ccccc1OC1CCN(C2CCC2)CC1)N1CCCC(O)C1. The lowest BCUT2D eigenvalue weighted by Crippen LogP contribution is -2.46. The third-order valence-corrected chi connectivity index (χ3v) is 6.71. The number of benzene rings is 1. The lowest BCUT2D eigenvalue weighted by molar-refractivity contribution is 0.0418. The molecule has 1 N–H and O–H groups in total. The number of ether oxygens (including phenoxy) is 1. The fourth-order valence-electron chi connectivity index (χ4n) is 4.75. The van der Waals surface area contributed by atoms with Crippen molar-refractivity contribution in [1.29, 1.82) is 0 Å². The predicted molar refractivity (Wildman–Crippen MR) is 105 cm³/mol. The van der Waals surface area contributed by atoms with E-state index in [-0.39, 0.29) is 12.1 Å². The average Bonchev–Trinajstić information content (AvgIpc) is 2.62. The van der Waals surface area contributed by atoms with Crippen LogP contribution >= 0.6 is 0 Å². The number of likely N-dealkylation sites (tertiary alicyclic amines) is 2. The minimum Gasteiger partial charge on any atom is -0.490 e. The molecule has 0 aromatic heterocycles. The van der Waals surface area contributed by atoms with E-state index < -0.39 is 0 Å². The molecule has 2 saturated heterocycles. The van der Waals surface area contributed by atoms with Crippen LogP contribution in [0.3, 0.4) is 0 Å². The van der Waals surface area contributed by atoms with Crippen molar-refractivity contribution < 1.29 is 9.84 Å². The van der Waals surface area contributed by atoms with E-state index in [9.17, 15) is 5.11 Å². The second-order valence-corrected chi connectivity index (χ2v) is 8.44. The molecule has 144 valence electrons. The Morgan fingerprint density at radius 3 is 2.46 bits per heavy atom. The van der Waals surface area contributed by atoms with Crippen LogP contribution in [-0.2, 0) is 0 Å². The summed E-state index contributed by atoms with van der Waals surface area (Å²) in [5.41, 5.74) is 1.27. The molecule has 3 fully saturated rings. The number of piperidine rings is 2. The van der Waals surface area contributed by atoms with Gasteiger partial charge in [0.05, 0.1) is 6.10 Å². The van der Waals surface area contributed by atoms with Crippen molar-refractivity contribution in [3.8, 4) is 5.75 Å². The zero-order chi connectivity index (χ0) is 17.9. The van der Waals surface area contributed by atoms with Gasteiger partial charge < -0.3 is 14.7 Å². The van der Waals surface area contributed by atoms with E-state index in [1.54, 1.807) is 0 Å². The molecule has 1 aliphatic carbocycles. The summed E-state index contributed by atoms with van der Waals surface area (Å²) in [6.45, 7) is 6.46. The lowest BCUT2D eigenvalue weighted by Gasteiger charge is -2.42. The molecule has 1 saturated carbocycles. The summed E-state index contributed by atoms with van der Waals surface area (Å²) in [6, 6.07) is 9.66. The number of aliphatic hydroxyl groups excluding tert-OH is 1. The molecule has 0 radical (unpaired) electrons. The molecule has 1 aromatic carbocycles. The number of hydrogen-bond acceptors (Lipinski definition) is 4. The third kappa shape index (κ3) is 4.08. The van der Waals surface area contributed by atoms with Crippen molar-refractivity contribution in [3.63, 3.8) is 0 Å². The largest absolute Gasteiger partial charge is 0.490 e. The van der Waals surface area contributed by atoms with Gasteiger partial charge in [-0.3, -0.25) is 4.90 Å². The highest BCUT2D eigenvalue weighted by atomic mass is 16.5. The minimum absolute atomic E-state index is 0.185. The molecular formula is C22H34N2O2. The standard InChI is InChI=1S/C22H34N2O2/c1-17(24-13-5-8-19(25)16-24)21-9-2-3-10-22(21)26-20-11-14-23(15-12-20)18-6-4-7-18/h2-3,9-10,17-20,25H,4-8,11-16H2,1H3. The summed E-state index contributed by atoms with van der Waals surface area (Å²) in [5, 5.41) is 10.0. The molecule has 3 aliphatic rings. The van der Waals surface area contributed by atoms with E-state index in [1.807, 2.05) is 0 Å². The van der Waals surface area contributed by atoms with Gasteiger partial charge in [0.25, 0.3) is 0 Å². The van der Waals surface area contributed by atoms with E-state index in [0.29, 0.717) is 6.10 Å². The molecule has 4 rings (SSSR count). The number of β-amino-alcohol motifs (C(OH)–C–C–N with tert-alkyl or cyclic N) is 1. The number of nitrogens with zero attached hydrogens (tertiary/aromatic N) is 2. The third-order valence-electron chi connectivity index (χ3n) is 6.71. The van der Waals surface area contributed by atoms with Gasteiger partial charge >= 0.3 is 0 Å². The van der Waals surface area contributed by atoms with Crippen LogP contribution in [0.1, 0.15) is 63.5 Å². The van der Waals surface area contributed by atoms with Gasteiger partial charge in [-0.1, -0.05) is 24.6 Å². The Bertz CT molecular complexity index is 581. The van der Waals surface area contributed by atoms with Crippen LogP contribution in [-0.4, -0.2) is 59.3 Å². The number of hydrogen-bond donors (Lipinski definition) is 1. The summed E-state index contributed by atoms with van der Waals surface area (Å²) in [4.78, 5) is 5.07. The maximum atomic E-state index is 10.0. The zero-order valence-electron chi connectivity index (χ0n) is 16.1. The van der Waals surface area contributed by atoms with Crippen molar-refractivity contribution >= 4 is 0 Å². The monoisotopic (exact) mass is 358 g/mol. The van der Waals surface area contributed by atoms with Crippen LogP contribution in [0.5, 0.6) is 5.75 Å². The normalized spacial score (nSPS) is 27.8. The van der Waals surface area contributed by atoms with E-state index in [0.717, 1.165) is 50.6 Å². The Hall–Kier alpha value is -1.10. The maximum Gasteiger partial charge on any atom is 0.124 e. The quantitative estimate of drug-likeness (QED) is 0.872. The lowest BCUT2D eigenvalue weighted by atomic mass is 9.89. The van der Waals surface area contributed by atoms with Gasteiger partial charge in [0.2, 0.25) is 0 Å². The summed E-state index contributed by atoms with van der Waals surface area (Å²) >= 11 is 0. The molecule has 1 aromatic rings. The van der Waals surface area contributed by atoms with Gasteiger partial charge in [0.15, 0.2) is 0 Å². The minimum atomic E-state index is -0.185. The van der Waals surface area contributed by atoms with Crippen molar-refractivity contribution in [2.24, 2.45) is 0 Å². The van der Waals surface area contributed by atoms with E-state index in [2.05, 4.69) is 41.0 Å². The number of aliphatic hydroxyl groups is 1. The van der Waals surface area contributed by atoms with Gasteiger partial charge in [0, 0.05) is 37.3 Å². The molecule has 2 heterocycles. The van der Waals surface area contributed by atoms with Crippen molar-refractivity contribution in [3.05, 3.63) is 29.8 Å². The molecule has 2 aliphatic heterocycles. The van der Waals surface area contributed by atoms with Gasteiger partial charge in [-0.15, -0.1) is 0 Å². The van der Waals surface area contributed by atoms with Crippen molar-refractivity contribution in [2.75, 3.05) is 26.2 Å². The highest BCUT2D eigenvalue weighted by Crippen LogP contribution is 2.33. The van der Waals surface area contributed by atoms with E-state index in [4.69, 9.17) is 4.74 Å². The van der Waals surface area contributed by atoms with Crippen LogP contribution in [0.4, 0.5) is 0 Å². The Morgan fingerprint density at radius 2 is 1.77 bits per heavy atom. The predicted octanol–water partition coefficient (Wildman–Crippen LogP) is 3.60. The molecule has 4 nitrogen and oxygen atoms in total. The van der Waals surface area contributed by atoms with Gasteiger partial charge in [0.1, 0.15) is 11.9 Å². The Kier molecular flexibility index (Phi) is 5.82. The van der Waals surface area contributed by atoms with Crippen LogP contribution < -0.4 is 4.74 Å². The fraction of sp³-hybridized carbons (Fsp3) is 0.727. The first-order chi connectivity index (χ1) is 12.7. The molecular weight excluding hydrogens is 324 g/mol. The van der Waals surface area contributed by atoms with E-state index >= 15 is 0 Å². The van der Waals surface area contributed by atoms with Gasteiger partial charge in [-0.25, -0.2) is 0 Å². The summed E-state index contributed by atoms with van der Waals surface area (Å²) < 4.78 is 6.49. The highest BCUT2D eigenvalue weighted by Gasteiger charge is 2.30. The molecule has 2 atom stereocenters. The Labute approximate surface area is 158 Å². The first-order valence-corrected chi connectivity index (χ1v) is 10.6. The van der Waals surface area contributed by atoms with Gasteiger partial charge in [-0.2, -0.15) is 0 Å². The average molecular weight is 359 g/mol. The molecule has 0 amide bonds. The molecule has 0 spiro atoms. The number of rotatable bonds is 5. The molecule has 4 heteroatoms. The molecule has 2 unspecified atom stereocenters. The van der Waals surface area contributed by atoms with Crippen molar-refractivity contribution in [1.82, 2.24) is 9.80 Å². The van der Waals surface area contributed by atoms with Crippen molar-refractivity contribution in [2.45, 2.75) is 76.2 Å². The zero-order valence-corrected chi connectivity index (χ0v) is 16.1. The Balaban J connectivity index is 1.38. The van der Waals surface area contributed by atoms with Crippen LogP contribution in [0.25, 0.3) is 0 Å². The van der Waals surface area contributed by atoms with Crippen LogP contribution in [0.15, 0.2) is 24.3 Å². The van der Waals surface area contributed by atoms with Crippen LogP contribution in [0, 0.1) is 0 Å².